The van der Waals surface area contributed by atoms with Crippen LogP contribution >= 0.6 is 0 Å². The van der Waals surface area contributed by atoms with E-state index in [0.29, 0.717) is 19.3 Å². The molecular formula is C63H110O6. The van der Waals surface area contributed by atoms with Crippen LogP contribution < -0.4 is 0 Å². The van der Waals surface area contributed by atoms with Gasteiger partial charge in [-0.25, -0.2) is 0 Å². The molecule has 0 amide bonds. The van der Waals surface area contributed by atoms with Gasteiger partial charge < -0.3 is 14.2 Å². The first kappa shape index (κ1) is 65.8. The van der Waals surface area contributed by atoms with Crippen LogP contribution in [-0.4, -0.2) is 37.2 Å². The zero-order valence-corrected chi connectivity index (χ0v) is 45.6. The molecule has 69 heavy (non-hydrogen) atoms. The van der Waals surface area contributed by atoms with Crippen LogP contribution in [0.5, 0.6) is 0 Å². The molecule has 0 aromatic heterocycles. The predicted molar refractivity (Wildman–Crippen MR) is 298 cm³/mol. The Morgan fingerprint density at radius 2 is 0.507 bits per heavy atom. The molecule has 0 bridgehead atoms. The molecule has 0 aliphatic rings. The zero-order valence-electron chi connectivity index (χ0n) is 45.6. The van der Waals surface area contributed by atoms with E-state index in [1.54, 1.807) is 0 Å². The molecule has 0 saturated heterocycles. The maximum absolute atomic E-state index is 12.8. The summed E-state index contributed by atoms with van der Waals surface area (Å²) in [5.41, 5.74) is 0. The van der Waals surface area contributed by atoms with Crippen LogP contribution in [0, 0.1) is 0 Å². The molecule has 0 N–H and O–H groups in total. The Kier molecular flexibility index (Phi) is 54.8. The molecule has 0 spiro atoms. The van der Waals surface area contributed by atoms with Gasteiger partial charge in [-0.2, -0.15) is 0 Å². The van der Waals surface area contributed by atoms with Gasteiger partial charge in [0.25, 0.3) is 0 Å². The molecule has 0 aliphatic carbocycles. The monoisotopic (exact) mass is 963 g/mol. The van der Waals surface area contributed by atoms with Crippen LogP contribution in [-0.2, 0) is 28.6 Å². The fourth-order valence-electron chi connectivity index (χ4n) is 8.24. The van der Waals surface area contributed by atoms with Crippen molar-refractivity contribution in [3.05, 3.63) is 72.9 Å². The highest BCUT2D eigenvalue weighted by Crippen LogP contribution is 2.15. The average molecular weight is 964 g/mol. The SMILES string of the molecule is CCCCC/C=C\C=C/CCCCCCCCCCCCC(=O)OCC(COC(=O)CCCCC/C=C\C=C/CCCCCCCCC)OC(=O)CCCCC/C=C\C=C/CCCCCCCCC. The largest absolute Gasteiger partial charge is 0.462 e. The summed E-state index contributed by atoms with van der Waals surface area (Å²) in [6, 6.07) is 0. The molecule has 6 heteroatoms. The Morgan fingerprint density at radius 1 is 0.290 bits per heavy atom. The van der Waals surface area contributed by atoms with Gasteiger partial charge in [-0.1, -0.05) is 248 Å². The summed E-state index contributed by atoms with van der Waals surface area (Å²) in [6.45, 7) is 6.57. The first-order chi connectivity index (χ1) is 34.0. The van der Waals surface area contributed by atoms with E-state index >= 15 is 0 Å². The Morgan fingerprint density at radius 3 is 0.812 bits per heavy atom. The summed E-state index contributed by atoms with van der Waals surface area (Å²) in [6.07, 6.45) is 73.2. The summed E-state index contributed by atoms with van der Waals surface area (Å²) < 4.78 is 16.8. The second-order valence-electron chi connectivity index (χ2n) is 19.6. The van der Waals surface area contributed by atoms with Gasteiger partial charge in [0.2, 0.25) is 0 Å². The zero-order chi connectivity index (χ0) is 50.0. The number of carbonyl (C=O) groups excluding carboxylic acids is 3. The fraction of sp³-hybridized carbons (Fsp3) is 0.762. The molecule has 0 heterocycles. The molecular weight excluding hydrogens is 853 g/mol. The van der Waals surface area contributed by atoms with Crippen molar-refractivity contribution < 1.29 is 28.6 Å². The summed E-state index contributed by atoms with van der Waals surface area (Å²) >= 11 is 0. The molecule has 1 atom stereocenters. The van der Waals surface area contributed by atoms with Crippen molar-refractivity contribution in [3.8, 4) is 0 Å². The van der Waals surface area contributed by atoms with E-state index in [1.165, 1.54) is 167 Å². The topological polar surface area (TPSA) is 78.9 Å². The predicted octanol–water partition coefficient (Wildman–Crippen LogP) is 19.8. The molecule has 0 rings (SSSR count). The minimum absolute atomic E-state index is 0.0958. The van der Waals surface area contributed by atoms with E-state index in [1.807, 2.05) is 0 Å². The summed E-state index contributed by atoms with van der Waals surface area (Å²) in [7, 11) is 0. The van der Waals surface area contributed by atoms with Crippen molar-refractivity contribution in [1.82, 2.24) is 0 Å². The smallest absolute Gasteiger partial charge is 0.306 e. The van der Waals surface area contributed by atoms with Crippen LogP contribution in [0.2, 0.25) is 0 Å². The molecule has 0 aliphatic heterocycles. The summed E-state index contributed by atoms with van der Waals surface area (Å²) in [4.78, 5) is 38.2. The van der Waals surface area contributed by atoms with E-state index in [4.69, 9.17) is 14.2 Å². The molecule has 0 aromatic carbocycles. The number of carbonyl (C=O) groups is 3. The van der Waals surface area contributed by atoms with Gasteiger partial charge in [-0.15, -0.1) is 0 Å². The van der Waals surface area contributed by atoms with E-state index in [0.717, 1.165) is 83.5 Å². The maximum Gasteiger partial charge on any atom is 0.306 e. The number of ether oxygens (including phenoxy) is 3. The van der Waals surface area contributed by atoms with Gasteiger partial charge >= 0.3 is 17.9 Å². The fourth-order valence-corrected chi connectivity index (χ4v) is 8.24. The van der Waals surface area contributed by atoms with Gasteiger partial charge in [0.1, 0.15) is 13.2 Å². The van der Waals surface area contributed by atoms with Crippen molar-refractivity contribution in [2.24, 2.45) is 0 Å². The lowest BCUT2D eigenvalue weighted by molar-refractivity contribution is -0.167. The van der Waals surface area contributed by atoms with Crippen molar-refractivity contribution in [2.45, 2.75) is 297 Å². The summed E-state index contributed by atoms with van der Waals surface area (Å²) in [5.74, 6) is -0.944. The van der Waals surface area contributed by atoms with Crippen LogP contribution in [0.15, 0.2) is 72.9 Å². The van der Waals surface area contributed by atoms with E-state index in [-0.39, 0.29) is 31.1 Å². The minimum atomic E-state index is -0.802. The van der Waals surface area contributed by atoms with Gasteiger partial charge in [0.05, 0.1) is 0 Å². The number of hydrogen-bond donors (Lipinski definition) is 0. The summed E-state index contributed by atoms with van der Waals surface area (Å²) in [5, 5.41) is 0. The molecule has 1 unspecified atom stereocenters. The van der Waals surface area contributed by atoms with Crippen LogP contribution in [0.25, 0.3) is 0 Å². The average Bonchev–Trinajstić information content (AvgIpc) is 3.35. The Bertz CT molecular complexity index is 1290. The second kappa shape index (κ2) is 57.4. The van der Waals surface area contributed by atoms with E-state index < -0.39 is 6.10 Å². The van der Waals surface area contributed by atoms with Crippen molar-refractivity contribution in [3.63, 3.8) is 0 Å². The Hall–Kier alpha value is -3.15. The van der Waals surface area contributed by atoms with Crippen molar-refractivity contribution in [2.75, 3.05) is 13.2 Å². The first-order valence-corrected chi connectivity index (χ1v) is 29.5. The van der Waals surface area contributed by atoms with Crippen LogP contribution in [0.3, 0.4) is 0 Å². The Labute approximate surface area is 427 Å². The van der Waals surface area contributed by atoms with Crippen molar-refractivity contribution >= 4 is 17.9 Å². The van der Waals surface area contributed by atoms with E-state index in [9.17, 15) is 14.4 Å². The number of unbranched alkanes of at least 4 members (excludes halogenated alkanes) is 33. The lowest BCUT2D eigenvalue weighted by Gasteiger charge is -2.18. The maximum atomic E-state index is 12.8. The first-order valence-electron chi connectivity index (χ1n) is 29.5. The van der Waals surface area contributed by atoms with Gasteiger partial charge in [0, 0.05) is 19.3 Å². The van der Waals surface area contributed by atoms with Gasteiger partial charge in [-0.3, -0.25) is 14.4 Å². The molecule has 0 saturated carbocycles. The number of esters is 3. The highest BCUT2D eigenvalue weighted by molar-refractivity contribution is 5.71. The highest BCUT2D eigenvalue weighted by Gasteiger charge is 2.19. The second-order valence-corrected chi connectivity index (χ2v) is 19.6. The lowest BCUT2D eigenvalue weighted by atomic mass is 10.1. The highest BCUT2D eigenvalue weighted by atomic mass is 16.6. The number of rotatable bonds is 53. The van der Waals surface area contributed by atoms with Gasteiger partial charge in [0.15, 0.2) is 6.10 Å². The van der Waals surface area contributed by atoms with Crippen LogP contribution in [0.4, 0.5) is 0 Å². The van der Waals surface area contributed by atoms with Gasteiger partial charge in [-0.05, 0) is 96.3 Å². The normalized spacial score (nSPS) is 12.6. The Balaban J connectivity index is 4.45. The van der Waals surface area contributed by atoms with E-state index in [2.05, 4.69) is 93.7 Å². The third-order valence-corrected chi connectivity index (χ3v) is 12.7. The number of hydrogen-bond acceptors (Lipinski definition) is 6. The standard InChI is InChI=1S/C63H110O6/c1-4-7-10-13-16-19-22-25-28-31-32-33-36-38-41-44-47-50-53-56-62(65)68-59-60(69-63(66)57-54-51-48-45-42-39-35-30-27-24-21-18-15-12-9-6-3)58-67-61(64)55-52-49-46-43-40-37-34-29-26-23-20-17-14-11-8-5-2/h16,19,22,25,29-30,34-35,37,39-40,42,60H,4-15,17-18,20-21,23-24,26-28,31-33,36,38,41,43-59H2,1-3H3/b19-16-,25-22-,34-29-,35-30-,40-37-,42-39-. The third-order valence-electron chi connectivity index (χ3n) is 12.7. The van der Waals surface area contributed by atoms with Crippen molar-refractivity contribution in [1.29, 1.82) is 0 Å². The lowest BCUT2D eigenvalue weighted by Crippen LogP contribution is -2.30. The minimum Gasteiger partial charge on any atom is -0.462 e. The molecule has 0 radical (unpaired) electrons. The quantitative estimate of drug-likeness (QED) is 0.0262. The molecule has 6 nitrogen and oxygen atoms in total. The molecule has 0 fully saturated rings. The third kappa shape index (κ3) is 55.6. The molecule has 398 valence electrons. The number of allylic oxidation sites excluding steroid dienone is 12. The molecule has 0 aromatic rings. The van der Waals surface area contributed by atoms with Crippen LogP contribution in [0.1, 0.15) is 290 Å².